The van der Waals surface area contributed by atoms with Crippen molar-refractivity contribution >= 4 is 34.0 Å². The van der Waals surface area contributed by atoms with E-state index < -0.39 is 10.0 Å². The quantitative estimate of drug-likeness (QED) is 0.875. The molecule has 4 nitrogen and oxygen atoms in total. The fraction of sp³-hybridized carbons (Fsp3) is 0.625. The molecule has 7 heteroatoms. The highest BCUT2D eigenvalue weighted by Gasteiger charge is 2.45. The highest BCUT2D eigenvalue weighted by molar-refractivity contribution is 7.89. The average molecular weight is 379 g/mol. The first-order chi connectivity index (χ1) is 10.4. The second-order valence-corrected chi connectivity index (χ2v) is 8.82. The lowest BCUT2D eigenvalue weighted by Crippen LogP contribution is -2.33. The van der Waals surface area contributed by atoms with E-state index in [1.807, 2.05) is 6.07 Å². The average Bonchev–Trinajstić information content (AvgIpc) is 3.04. The van der Waals surface area contributed by atoms with Gasteiger partial charge in [-0.15, -0.1) is 12.4 Å². The predicted molar refractivity (Wildman–Crippen MR) is 95.6 cm³/mol. The normalized spacial score (nSPS) is 27.7. The first-order valence-electron chi connectivity index (χ1n) is 7.97. The van der Waals surface area contributed by atoms with E-state index in [1.165, 1.54) is 0 Å². The van der Waals surface area contributed by atoms with Gasteiger partial charge in [0.25, 0.3) is 0 Å². The Morgan fingerprint density at radius 2 is 2.04 bits per heavy atom. The number of sulfonamides is 1. The van der Waals surface area contributed by atoms with Crippen LogP contribution in [0.25, 0.3) is 0 Å². The van der Waals surface area contributed by atoms with Gasteiger partial charge in [0.2, 0.25) is 10.0 Å². The molecule has 0 spiro atoms. The van der Waals surface area contributed by atoms with Crippen molar-refractivity contribution in [3.63, 3.8) is 0 Å². The Bertz CT molecular complexity index is 666. The summed E-state index contributed by atoms with van der Waals surface area (Å²) in [4.78, 5) is 0.244. The van der Waals surface area contributed by atoms with E-state index in [-0.39, 0.29) is 23.3 Å². The van der Waals surface area contributed by atoms with Crippen molar-refractivity contribution in [3.05, 3.63) is 28.8 Å². The molecule has 3 unspecified atom stereocenters. The molecule has 130 valence electrons. The minimum absolute atomic E-state index is 0. The highest BCUT2D eigenvalue weighted by atomic mass is 35.5. The second-order valence-electron chi connectivity index (χ2n) is 6.50. The zero-order valence-corrected chi connectivity index (χ0v) is 15.6. The van der Waals surface area contributed by atoms with Crippen LogP contribution < -0.4 is 5.73 Å². The van der Waals surface area contributed by atoms with Gasteiger partial charge in [0, 0.05) is 19.1 Å². The van der Waals surface area contributed by atoms with Gasteiger partial charge in [-0.1, -0.05) is 31.0 Å². The molecule has 1 aromatic carbocycles. The van der Waals surface area contributed by atoms with Crippen LogP contribution >= 0.6 is 24.0 Å². The molecule has 1 saturated heterocycles. The summed E-state index contributed by atoms with van der Waals surface area (Å²) in [5, 5.41) is 0.307. The highest BCUT2D eigenvalue weighted by Crippen LogP contribution is 2.40. The van der Waals surface area contributed by atoms with Crippen LogP contribution in [-0.2, 0) is 16.4 Å². The minimum Gasteiger partial charge on any atom is -0.327 e. The van der Waals surface area contributed by atoms with Gasteiger partial charge in [0.1, 0.15) is 4.90 Å². The van der Waals surface area contributed by atoms with Crippen molar-refractivity contribution in [1.29, 1.82) is 0 Å². The zero-order chi connectivity index (χ0) is 15.9. The summed E-state index contributed by atoms with van der Waals surface area (Å²) in [5.41, 5.74) is 7.13. The summed E-state index contributed by atoms with van der Waals surface area (Å²) in [6.45, 7) is 3.18. The molecule has 1 aromatic rings. The molecule has 2 aliphatic rings. The van der Waals surface area contributed by atoms with Gasteiger partial charge in [0.05, 0.1) is 5.02 Å². The van der Waals surface area contributed by atoms with Crippen LogP contribution in [-0.4, -0.2) is 31.9 Å². The second kappa shape index (κ2) is 7.28. The Hall–Kier alpha value is -0.330. The van der Waals surface area contributed by atoms with E-state index in [1.54, 1.807) is 16.4 Å². The van der Waals surface area contributed by atoms with Crippen LogP contribution in [0.3, 0.4) is 0 Å². The third-order valence-corrected chi connectivity index (χ3v) is 7.34. The number of aryl methyl sites for hydroxylation is 1. The molecular weight excluding hydrogens is 355 g/mol. The fourth-order valence-corrected chi connectivity index (χ4v) is 5.85. The molecule has 1 aliphatic carbocycles. The summed E-state index contributed by atoms with van der Waals surface area (Å²) >= 11 is 6.18. The van der Waals surface area contributed by atoms with E-state index in [0.29, 0.717) is 29.9 Å². The van der Waals surface area contributed by atoms with Crippen molar-refractivity contribution in [2.24, 2.45) is 17.6 Å². The molecule has 0 radical (unpaired) electrons. The summed E-state index contributed by atoms with van der Waals surface area (Å²) < 4.78 is 27.5. The number of hydrogen-bond donors (Lipinski definition) is 1. The Balaban J connectivity index is 0.00000192. The van der Waals surface area contributed by atoms with Crippen molar-refractivity contribution in [1.82, 2.24) is 4.31 Å². The molecule has 0 amide bonds. The first-order valence-corrected chi connectivity index (χ1v) is 9.79. The lowest BCUT2D eigenvalue weighted by Gasteiger charge is -2.19. The Morgan fingerprint density at radius 1 is 1.30 bits per heavy atom. The van der Waals surface area contributed by atoms with Crippen molar-refractivity contribution < 1.29 is 8.42 Å². The minimum atomic E-state index is -3.53. The first kappa shape index (κ1) is 19.0. The number of halogens is 2. The van der Waals surface area contributed by atoms with E-state index in [9.17, 15) is 8.42 Å². The van der Waals surface area contributed by atoms with Crippen molar-refractivity contribution in [2.45, 2.75) is 43.5 Å². The maximum atomic E-state index is 13.0. The SMILES string of the molecule is CCCc1ccc(Cl)c(S(=O)(=O)N2CC3CCC(N)C3C2)c1.Cl. The van der Waals surface area contributed by atoms with E-state index in [4.69, 9.17) is 17.3 Å². The molecule has 2 N–H and O–H groups in total. The van der Waals surface area contributed by atoms with Crippen molar-refractivity contribution in [2.75, 3.05) is 13.1 Å². The molecular formula is C16H24Cl2N2O2S. The number of benzene rings is 1. The van der Waals surface area contributed by atoms with Crippen LogP contribution in [0.1, 0.15) is 31.7 Å². The molecule has 1 heterocycles. The topological polar surface area (TPSA) is 63.4 Å². The number of rotatable bonds is 4. The van der Waals surface area contributed by atoms with Crippen LogP contribution in [0.5, 0.6) is 0 Å². The Kier molecular flexibility index (Phi) is 6.01. The van der Waals surface area contributed by atoms with Gasteiger partial charge in [0.15, 0.2) is 0 Å². The zero-order valence-electron chi connectivity index (χ0n) is 13.2. The third-order valence-electron chi connectivity index (χ3n) is 5.03. The lowest BCUT2D eigenvalue weighted by atomic mass is 9.98. The molecule has 3 rings (SSSR count). The lowest BCUT2D eigenvalue weighted by molar-refractivity contribution is 0.427. The third kappa shape index (κ3) is 3.54. The molecule has 1 aliphatic heterocycles. The van der Waals surface area contributed by atoms with Gasteiger partial charge in [-0.25, -0.2) is 8.42 Å². The standard InChI is InChI=1S/C16H23ClN2O2S.ClH/c1-2-3-11-4-6-14(17)16(8-11)22(20,21)19-9-12-5-7-15(18)13(12)10-19;/h4,6,8,12-13,15H,2-3,5,7,9-10,18H2,1H3;1H. The van der Waals surface area contributed by atoms with E-state index in [2.05, 4.69) is 6.92 Å². The maximum absolute atomic E-state index is 13.0. The fourth-order valence-electron chi connectivity index (χ4n) is 3.79. The Labute approximate surface area is 149 Å². The molecule has 0 bridgehead atoms. The van der Waals surface area contributed by atoms with Crippen LogP contribution in [0.4, 0.5) is 0 Å². The van der Waals surface area contributed by atoms with Crippen molar-refractivity contribution in [3.8, 4) is 0 Å². The molecule has 23 heavy (non-hydrogen) atoms. The maximum Gasteiger partial charge on any atom is 0.244 e. The number of fused-ring (bicyclic) bond motifs is 1. The smallest absolute Gasteiger partial charge is 0.244 e. The van der Waals surface area contributed by atoms with E-state index in [0.717, 1.165) is 31.2 Å². The summed E-state index contributed by atoms with van der Waals surface area (Å²) in [6, 6.07) is 5.46. The van der Waals surface area contributed by atoms with Gasteiger partial charge in [-0.05, 0) is 48.8 Å². The monoisotopic (exact) mass is 378 g/mol. The number of nitrogens with zero attached hydrogens (tertiary/aromatic N) is 1. The van der Waals surface area contributed by atoms with Gasteiger partial charge in [-0.2, -0.15) is 4.31 Å². The molecule has 2 fully saturated rings. The van der Waals surface area contributed by atoms with Gasteiger partial charge >= 0.3 is 0 Å². The molecule has 3 atom stereocenters. The molecule has 0 aromatic heterocycles. The van der Waals surface area contributed by atoms with Crippen LogP contribution in [0, 0.1) is 11.8 Å². The number of nitrogens with two attached hydrogens (primary N) is 1. The van der Waals surface area contributed by atoms with Crippen LogP contribution in [0.15, 0.2) is 23.1 Å². The largest absolute Gasteiger partial charge is 0.327 e. The summed E-state index contributed by atoms with van der Waals surface area (Å²) in [5.74, 6) is 0.703. The summed E-state index contributed by atoms with van der Waals surface area (Å²) in [7, 11) is -3.53. The number of hydrogen-bond acceptors (Lipinski definition) is 3. The van der Waals surface area contributed by atoms with Gasteiger partial charge in [-0.3, -0.25) is 0 Å². The predicted octanol–water partition coefficient (Wildman–Crippen LogP) is 3.07. The molecule has 1 saturated carbocycles. The van der Waals surface area contributed by atoms with Gasteiger partial charge < -0.3 is 5.73 Å². The van der Waals surface area contributed by atoms with Crippen LogP contribution in [0.2, 0.25) is 5.02 Å². The summed E-state index contributed by atoms with van der Waals surface area (Å²) in [6.07, 6.45) is 3.87. The Morgan fingerprint density at radius 3 is 2.70 bits per heavy atom. The van der Waals surface area contributed by atoms with E-state index >= 15 is 0 Å².